The van der Waals surface area contributed by atoms with Crippen LogP contribution < -0.4 is 0 Å². The lowest BCUT2D eigenvalue weighted by Gasteiger charge is -2.36. The first-order chi connectivity index (χ1) is 20.7. The number of benzene rings is 3. The third-order valence-corrected chi connectivity index (χ3v) is 6.81. The van der Waals surface area contributed by atoms with Crippen LogP contribution in [0.2, 0.25) is 0 Å². The van der Waals surface area contributed by atoms with Gasteiger partial charge in [-0.05, 0) is 37.5 Å². The molecule has 9 heteroatoms. The van der Waals surface area contributed by atoms with Gasteiger partial charge < -0.3 is 24.1 Å². The molecule has 1 aliphatic heterocycles. The lowest BCUT2D eigenvalue weighted by molar-refractivity contribution is -0.168. The highest BCUT2D eigenvalue weighted by Crippen LogP contribution is 2.23. The number of aliphatic hydroxyl groups is 1. The lowest BCUT2D eigenvalue weighted by atomic mass is 10.1. The minimum Gasteiger partial charge on any atom is -0.442 e. The molecule has 3 aromatic carbocycles. The SMILES string of the molecule is CC(C)(C)OC(=O)N1CCC(=O)N1C[C@@H](OCc1ccccc1)[C@H](OCc1ccccc1)[C@@H](O)COCc1ccccc1. The van der Waals surface area contributed by atoms with Gasteiger partial charge in [-0.15, -0.1) is 0 Å². The number of amides is 2. The van der Waals surface area contributed by atoms with E-state index in [1.165, 1.54) is 10.0 Å². The fraction of sp³-hybridized carbons (Fsp3) is 0.412. The summed E-state index contributed by atoms with van der Waals surface area (Å²) in [6, 6.07) is 28.9. The van der Waals surface area contributed by atoms with Crippen molar-refractivity contribution in [2.45, 2.75) is 70.9 Å². The average molecular weight is 591 g/mol. The second-order valence-corrected chi connectivity index (χ2v) is 11.5. The Morgan fingerprint density at radius 1 is 0.814 bits per heavy atom. The molecule has 230 valence electrons. The standard InChI is InChI=1S/C34H42N2O7/c1-34(2,3)43-33(39)35-20-19-31(38)36(35)21-30(41-23-27-15-9-5-10-16-27)32(42-24-28-17-11-6-12-18-28)29(37)25-40-22-26-13-7-4-8-14-26/h4-18,29-30,32,37H,19-25H2,1-3H3/t29-,30+,32+/m0/s1. The molecule has 1 aliphatic rings. The Kier molecular flexibility index (Phi) is 11.7. The molecule has 0 aliphatic carbocycles. The quantitative estimate of drug-likeness (QED) is 0.278. The van der Waals surface area contributed by atoms with E-state index in [0.29, 0.717) is 6.61 Å². The predicted molar refractivity (Wildman–Crippen MR) is 161 cm³/mol. The molecule has 0 spiro atoms. The fourth-order valence-electron chi connectivity index (χ4n) is 4.69. The third kappa shape index (κ3) is 10.2. The van der Waals surface area contributed by atoms with Crippen LogP contribution >= 0.6 is 0 Å². The Balaban J connectivity index is 1.56. The van der Waals surface area contributed by atoms with Crippen LogP contribution in [0.15, 0.2) is 91.0 Å². The first kappa shape index (κ1) is 32.2. The van der Waals surface area contributed by atoms with E-state index in [-0.39, 0.29) is 45.2 Å². The molecule has 1 N–H and O–H groups in total. The average Bonchev–Trinajstić information content (AvgIpc) is 3.36. The number of carbonyl (C=O) groups is 2. The predicted octanol–water partition coefficient (Wildman–Crippen LogP) is 5.12. The fourth-order valence-corrected chi connectivity index (χ4v) is 4.69. The molecule has 2 amide bonds. The van der Waals surface area contributed by atoms with E-state index in [4.69, 9.17) is 18.9 Å². The van der Waals surface area contributed by atoms with E-state index in [1.807, 2.05) is 91.0 Å². The summed E-state index contributed by atoms with van der Waals surface area (Å²) in [5.74, 6) is -0.240. The zero-order valence-electron chi connectivity index (χ0n) is 25.1. The minimum absolute atomic E-state index is 0.0245. The van der Waals surface area contributed by atoms with Crippen LogP contribution in [0.1, 0.15) is 43.9 Å². The minimum atomic E-state index is -1.10. The Hall–Kier alpha value is -3.76. The highest BCUT2D eigenvalue weighted by atomic mass is 16.6. The number of nitrogens with zero attached hydrogens (tertiary/aromatic N) is 2. The number of hydrogen-bond acceptors (Lipinski definition) is 7. The molecule has 4 rings (SSSR count). The van der Waals surface area contributed by atoms with Gasteiger partial charge in [-0.3, -0.25) is 4.79 Å². The number of rotatable bonds is 14. The van der Waals surface area contributed by atoms with Gasteiger partial charge in [0.05, 0.1) is 39.5 Å². The maximum atomic E-state index is 13.1. The Labute approximate surface area is 253 Å². The van der Waals surface area contributed by atoms with E-state index in [0.717, 1.165) is 16.7 Å². The van der Waals surface area contributed by atoms with E-state index in [9.17, 15) is 14.7 Å². The molecule has 0 radical (unpaired) electrons. The molecule has 1 fully saturated rings. The molecule has 9 nitrogen and oxygen atoms in total. The molecule has 0 saturated carbocycles. The highest BCUT2D eigenvalue weighted by molar-refractivity contribution is 5.82. The molecule has 0 aromatic heterocycles. The maximum Gasteiger partial charge on any atom is 0.429 e. The maximum absolute atomic E-state index is 13.1. The molecule has 3 aromatic rings. The van der Waals surface area contributed by atoms with Gasteiger partial charge in [-0.1, -0.05) is 91.0 Å². The summed E-state index contributed by atoms with van der Waals surface area (Å²) >= 11 is 0. The van der Waals surface area contributed by atoms with Crippen molar-refractivity contribution < 1.29 is 33.6 Å². The summed E-state index contributed by atoms with van der Waals surface area (Å²) in [6.45, 7) is 6.20. The molecule has 3 atom stereocenters. The van der Waals surface area contributed by atoms with E-state index >= 15 is 0 Å². The van der Waals surface area contributed by atoms with Gasteiger partial charge in [0.25, 0.3) is 0 Å². The topological polar surface area (TPSA) is 97.8 Å². The third-order valence-electron chi connectivity index (χ3n) is 6.81. The van der Waals surface area contributed by atoms with Gasteiger partial charge in [-0.2, -0.15) is 0 Å². The monoisotopic (exact) mass is 590 g/mol. The smallest absolute Gasteiger partial charge is 0.429 e. The molecular weight excluding hydrogens is 548 g/mol. The first-order valence-corrected chi connectivity index (χ1v) is 14.6. The molecule has 43 heavy (non-hydrogen) atoms. The van der Waals surface area contributed by atoms with Crippen molar-refractivity contribution in [3.05, 3.63) is 108 Å². The van der Waals surface area contributed by atoms with Crippen LogP contribution in [0.4, 0.5) is 4.79 Å². The second-order valence-electron chi connectivity index (χ2n) is 11.5. The molecule has 0 unspecified atom stereocenters. The summed E-state index contributed by atoms with van der Waals surface area (Å²) in [4.78, 5) is 26.1. The summed E-state index contributed by atoms with van der Waals surface area (Å²) in [5, 5.41) is 14.1. The highest BCUT2D eigenvalue weighted by Gasteiger charge is 2.40. The number of ether oxygens (including phenoxy) is 4. The van der Waals surface area contributed by atoms with Gasteiger partial charge in [-0.25, -0.2) is 14.8 Å². The zero-order chi connectivity index (χ0) is 30.7. The largest absolute Gasteiger partial charge is 0.442 e. The Morgan fingerprint density at radius 2 is 1.33 bits per heavy atom. The lowest BCUT2D eigenvalue weighted by Crippen LogP contribution is -2.53. The van der Waals surface area contributed by atoms with Crippen molar-refractivity contribution in [2.75, 3.05) is 19.7 Å². The summed E-state index contributed by atoms with van der Waals surface area (Å²) < 4.78 is 24.2. The first-order valence-electron chi connectivity index (χ1n) is 14.6. The Morgan fingerprint density at radius 3 is 1.86 bits per heavy atom. The van der Waals surface area contributed by atoms with Crippen molar-refractivity contribution >= 4 is 12.0 Å². The van der Waals surface area contributed by atoms with Crippen molar-refractivity contribution in [1.29, 1.82) is 0 Å². The molecule has 1 heterocycles. The van der Waals surface area contributed by atoms with Crippen LogP contribution in [0.5, 0.6) is 0 Å². The van der Waals surface area contributed by atoms with Crippen LogP contribution in [0.25, 0.3) is 0 Å². The Bertz CT molecular complexity index is 1270. The molecule has 0 bridgehead atoms. The number of carbonyl (C=O) groups excluding carboxylic acids is 2. The van der Waals surface area contributed by atoms with Gasteiger partial charge in [0.1, 0.15) is 23.9 Å². The summed E-state index contributed by atoms with van der Waals surface area (Å²) in [5.41, 5.74) is 2.08. The number of aliphatic hydroxyl groups excluding tert-OH is 1. The van der Waals surface area contributed by atoms with Crippen LogP contribution in [0, 0.1) is 0 Å². The van der Waals surface area contributed by atoms with E-state index in [2.05, 4.69) is 0 Å². The van der Waals surface area contributed by atoms with Crippen LogP contribution in [-0.2, 0) is 43.6 Å². The number of hydrogen-bond donors (Lipinski definition) is 1. The van der Waals surface area contributed by atoms with E-state index in [1.54, 1.807) is 20.8 Å². The van der Waals surface area contributed by atoms with Gasteiger partial charge in [0.15, 0.2) is 0 Å². The van der Waals surface area contributed by atoms with Gasteiger partial charge in [0.2, 0.25) is 5.91 Å². The van der Waals surface area contributed by atoms with Gasteiger partial charge >= 0.3 is 6.09 Å². The summed E-state index contributed by atoms with van der Waals surface area (Å²) in [7, 11) is 0. The summed E-state index contributed by atoms with van der Waals surface area (Å²) in [6.07, 6.45) is -3.27. The van der Waals surface area contributed by atoms with Crippen LogP contribution in [-0.4, -0.2) is 70.7 Å². The number of hydrazine groups is 1. The van der Waals surface area contributed by atoms with E-state index < -0.39 is 30.0 Å². The second kappa shape index (κ2) is 15.6. The van der Waals surface area contributed by atoms with Crippen LogP contribution in [0.3, 0.4) is 0 Å². The van der Waals surface area contributed by atoms with Crippen molar-refractivity contribution in [1.82, 2.24) is 10.0 Å². The van der Waals surface area contributed by atoms with Gasteiger partial charge in [0, 0.05) is 6.42 Å². The molecular formula is C34H42N2O7. The zero-order valence-corrected chi connectivity index (χ0v) is 25.1. The van der Waals surface area contributed by atoms with Crippen molar-refractivity contribution in [2.24, 2.45) is 0 Å². The normalized spacial score (nSPS) is 15.8. The van der Waals surface area contributed by atoms with Crippen molar-refractivity contribution in [3.63, 3.8) is 0 Å². The molecule has 1 saturated heterocycles. The van der Waals surface area contributed by atoms with Crippen molar-refractivity contribution in [3.8, 4) is 0 Å².